The van der Waals surface area contributed by atoms with E-state index in [2.05, 4.69) is 4.90 Å². The Kier molecular flexibility index (Phi) is 4.60. The molecule has 1 aliphatic carbocycles. The highest BCUT2D eigenvalue weighted by Gasteiger charge is 2.50. The monoisotopic (exact) mass is 319 g/mol. The molecule has 0 unspecified atom stereocenters. The third kappa shape index (κ3) is 3.08. The van der Waals surface area contributed by atoms with Crippen molar-refractivity contribution < 1.29 is 19.7 Å². The van der Waals surface area contributed by atoms with Gasteiger partial charge in [0, 0.05) is 19.1 Å². The number of carbonyl (C=O) groups is 1. The number of ether oxygens (including phenoxy) is 1. The van der Waals surface area contributed by atoms with Crippen LogP contribution in [0.2, 0.25) is 0 Å². The molecule has 0 spiro atoms. The molecule has 1 saturated carbocycles. The Labute approximate surface area is 136 Å². The van der Waals surface area contributed by atoms with E-state index in [1.807, 2.05) is 24.3 Å². The third-order valence-corrected chi connectivity index (χ3v) is 5.48. The Morgan fingerprint density at radius 1 is 1.39 bits per heavy atom. The highest BCUT2D eigenvalue weighted by Crippen LogP contribution is 2.38. The topological polar surface area (TPSA) is 70.0 Å². The number of likely N-dealkylation sites (tertiary alicyclic amines) is 1. The van der Waals surface area contributed by atoms with Crippen molar-refractivity contribution in [2.45, 2.75) is 44.2 Å². The number of aliphatic hydroxyl groups is 1. The first-order chi connectivity index (χ1) is 11.0. The summed E-state index contributed by atoms with van der Waals surface area (Å²) in [4.78, 5) is 14.4. The molecule has 0 bridgehead atoms. The quantitative estimate of drug-likeness (QED) is 0.868. The summed E-state index contributed by atoms with van der Waals surface area (Å²) in [5, 5.41) is 20.4. The molecule has 1 aliphatic heterocycles. The summed E-state index contributed by atoms with van der Waals surface area (Å²) in [6.07, 6.45) is 3.54. The Balaban J connectivity index is 1.85. The summed E-state index contributed by atoms with van der Waals surface area (Å²) in [5.74, 6) is -0.193. The van der Waals surface area contributed by atoms with Crippen LogP contribution in [0, 0.1) is 5.41 Å². The number of carboxylic acid groups (broad SMARTS) is 1. The molecule has 1 saturated heterocycles. The maximum atomic E-state index is 12.1. The molecule has 0 amide bonds. The molecule has 2 atom stereocenters. The van der Waals surface area contributed by atoms with Crippen LogP contribution in [0.15, 0.2) is 24.3 Å². The number of aliphatic carboxylic acids is 1. The smallest absolute Gasteiger partial charge is 0.313 e. The van der Waals surface area contributed by atoms with E-state index in [9.17, 15) is 15.0 Å². The van der Waals surface area contributed by atoms with Gasteiger partial charge in [-0.2, -0.15) is 0 Å². The van der Waals surface area contributed by atoms with Gasteiger partial charge >= 0.3 is 5.97 Å². The summed E-state index contributed by atoms with van der Waals surface area (Å²) < 4.78 is 5.23. The Morgan fingerprint density at radius 3 is 2.78 bits per heavy atom. The van der Waals surface area contributed by atoms with Gasteiger partial charge in [0.25, 0.3) is 0 Å². The first-order valence-electron chi connectivity index (χ1n) is 8.33. The second-order valence-electron chi connectivity index (χ2n) is 6.85. The number of hydrogen-bond acceptors (Lipinski definition) is 4. The third-order valence-electron chi connectivity index (χ3n) is 5.48. The molecule has 1 heterocycles. The van der Waals surface area contributed by atoms with Crippen molar-refractivity contribution in [3.8, 4) is 5.75 Å². The molecule has 5 nitrogen and oxygen atoms in total. The predicted octanol–water partition coefficient (Wildman–Crippen LogP) is 1.93. The summed E-state index contributed by atoms with van der Waals surface area (Å²) >= 11 is 0. The number of benzene rings is 1. The molecule has 0 radical (unpaired) electrons. The van der Waals surface area contributed by atoms with Crippen LogP contribution in [-0.2, 0) is 11.2 Å². The molecule has 2 aliphatic rings. The number of piperidine rings is 1. The Morgan fingerprint density at radius 2 is 2.17 bits per heavy atom. The van der Waals surface area contributed by atoms with Crippen LogP contribution >= 0.6 is 0 Å². The highest BCUT2D eigenvalue weighted by molar-refractivity contribution is 5.76. The van der Waals surface area contributed by atoms with Crippen molar-refractivity contribution in [2.24, 2.45) is 5.41 Å². The van der Waals surface area contributed by atoms with E-state index in [1.165, 1.54) is 6.42 Å². The molecule has 1 aromatic carbocycles. The summed E-state index contributed by atoms with van der Waals surface area (Å²) in [6, 6.07) is 7.96. The van der Waals surface area contributed by atoms with E-state index < -0.39 is 17.5 Å². The van der Waals surface area contributed by atoms with Crippen LogP contribution in [0.4, 0.5) is 0 Å². The molecule has 1 aromatic rings. The van der Waals surface area contributed by atoms with Gasteiger partial charge in [-0.15, -0.1) is 0 Å². The van der Waals surface area contributed by atoms with Gasteiger partial charge in [0.05, 0.1) is 13.2 Å². The van der Waals surface area contributed by atoms with Gasteiger partial charge in [-0.3, -0.25) is 9.69 Å². The maximum absolute atomic E-state index is 12.1. The first-order valence-corrected chi connectivity index (χ1v) is 8.33. The van der Waals surface area contributed by atoms with E-state index >= 15 is 0 Å². The normalized spacial score (nSPS) is 29.0. The minimum atomic E-state index is -1.14. The van der Waals surface area contributed by atoms with Gasteiger partial charge in [-0.25, -0.2) is 0 Å². The van der Waals surface area contributed by atoms with Crippen LogP contribution in [0.5, 0.6) is 5.75 Å². The Hall–Kier alpha value is -1.59. The summed E-state index contributed by atoms with van der Waals surface area (Å²) in [7, 11) is 1.60. The number of nitrogens with zero attached hydrogens (tertiary/aromatic N) is 1. The predicted molar refractivity (Wildman–Crippen MR) is 86.6 cm³/mol. The zero-order valence-corrected chi connectivity index (χ0v) is 13.6. The molecule has 3 rings (SSSR count). The number of aliphatic hydroxyl groups excluding tert-OH is 1. The van der Waals surface area contributed by atoms with Crippen molar-refractivity contribution in [3.05, 3.63) is 29.8 Å². The average Bonchev–Trinajstić information content (AvgIpc) is 2.49. The summed E-state index contributed by atoms with van der Waals surface area (Å²) in [5.41, 5.74) is -0.249. The molecule has 2 N–H and O–H groups in total. The minimum absolute atomic E-state index is 0.323. The van der Waals surface area contributed by atoms with E-state index in [0.29, 0.717) is 31.2 Å². The van der Waals surface area contributed by atoms with E-state index in [-0.39, 0.29) is 0 Å². The van der Waals surface area contributed by atoms with Crippen molar-refractivity contribution in [1.82, 2.24) is 4.90 Å². The fourth-order valence-corrected chi connectivity index (χ4v) is 3.78. The average molecular weight is 319 g/mol. The lowest BCUT2D eigenvalue weighted by atomic mass is 9.71. The van der Waals surface area contributed by atoms with Crippen molar-refractivity contribution in [3.63, 3.8) is 0 Å². The fraction of sp³-hybridized carbons (Fsp3) is 0.611. The van der Waals surface area contributed by atoms with Crippen LogP contribution in [0.3, 0.4) is 0 Å². The maximum Gasteiger partial charge on any atom is 0.313 e. The molecule has 5 heteroatoms. The fourth-order valence-electron chi connectivity index (χ4n) is 3.78. The highest BCUT2D eigenvalue weighted by atomic mass is 16.5. The lowest BCUT2D eigenvalue weighted by molar-refractivity contribution is -0.165. The van der Waals surface area contributed by atoms with E-state index in [4.69, 9.17) is 4.74 Å². The van der Waals surface area contributed by atoms with Crippen molar-refractivity contribution >= 4 is 5.97 Å². The van der Waals surface area contributed by atoms with Crippen LogP contribution < -0.4 is 4.74 Å². The molecule has 2 fully saturated rings. The lowest BCUT2D eigenvalue weighted by Gasteiger charge is -2.48. The standard InChI is InChI=1S/C18H25NO4/c1-23-15-7-2-4-13(10-15)11-18(17(21)22)12-19(9-8-16(18)20)14-5-3-6-14/h2,4,7,10,14,16,20H,3,5-6,8-9,11-12H2,1H3,(H,21,22)/t16-,18-/m1/s1. The van der Waals surface area contributed by atoms with Gasteiger partial charge < -0.3 is 14.9 Å². The number of hydrogen-bond donors (Lipinski definition) is 2. The zero-order valence-electron chi connectivity index (χ0n) is 13.6. The van der Waals surface area contributed by atoms with Crippen LogP contribution in [0.1, 0.15) is 31.2 Å². The van der Waals surface area contributed by atoms with E-state index in [0.717, 1.165) is 24.9 Å². The van der Waals surface area contributed by atoms with Gasteiger partial charge in [-0.05, 0) is 43.4 Å². The van der Waals surface area contributed by atoms with Gasteiger partial charge in [0.15, 0.2) is 0 Å². The second kappa shape index (κ2) is 6.49. The van der Waals surface area contributed by atoms with Crippen molar-refractivity contribution in [2.75, 3.05) is 20.2 Å². The van der Waals surface area contributed by atoms with Gasteiger partial charge in [0.2, 0.25) is 0 Å². The summed E-state index contributed by atoms with van der Waals surface area (Å²) in [6.45, 7) is 1.21. The number of rotatable bonds is 5. The second-order valence-corrected chi connectivity index (χ2v) is 6.85. The zero-order chi connectivity index (χ0) is 16.4. The largest absolute Gasteiger partial charge is 0.497 e. The van der Waals surface area contributed by atoms with Crippen LogP contribution in [0.25, 0.3) is 0 Å². The van der Waals surface area contributed by atoms with Gasteiger partial charge in [0.1, 0.15) is 11.2 Å². The minimum Gasteiger partial charge on any atom is -0.497 e. The molecule has 126 valence electrons. The SMILES string of the molecule is COc1cccc(C[C@@]2(C(=O)O)CN(C3CCC3)CC[C@H]2O)c1. The van der Waals surface area contributed by atoms with Gasteiger partial charge in [-0.1, -0.05) is 18.6 Å². The van der Waals surface area contributed by atoms with Crippen molar-refractivity contribution in [1.29, 1.82) is 0 Å². The molecule has 23 heavy (non-hydrogen) atoms. The van der Waals surface area contributed by atoms with E-state index in [1.54, 1.807) is 7.11 Å². The molecular formula is C18H25NO4. The lowest BCUT2D eigenvalue weighted by Crippen LogP contribution is -2.60. The Bertz CT molecular complexity index is 572. The molecular weight excluding hydrogens is 294 g/mol. The molecule has 0 aromatic heterocycles. The van der Waals surface area contributed by atoms with Crippen LogP contribution in [-0.4, -0.2) is 53.4 Å². The first kappa shape index (κ1) is 16.3. The number of carboxylic acids is 1. The number of methoxy groups -OCH3 is 1.